The first kappa shape index (κ1) is 16.6. The number of nitrogens with one attached hydrogen (secondary N) is 1. The molecule has 0 unspecified atom stereocenters. The monoisotopic (exact) mass is 298 g/mol. The van der Waals surface area contributed by atoms with E-state index in [9.17, 15) is 4.79 Å². The number of carbonyl (C=O) groups is 1. The highest BCUT2D eigenvalue weighted by Gasteiger charge is 2.26. The highest BCUT2D eigenvalue weighted by molar-refractivity contribution is 5.68. The Morgan fingerprint density at radius 1 is 1.14 bits per heavy atom. The SMILES string of the molecule is CC(C)(C)OC(=O)N1CCC[C@H](N[C@@H]2CCCOC2)CC1. The summed E-state index contributed by atoms with van der Waals surface area (Å²) in [7, 11) is 0. The van der Waals surface area contributed by atoms with E-state index in [0.717, 1.165) is 52.0 Å². The molecule has 0 bridgehead atoms. The fourth-order valence-corrected chi connectivity index (χ4v) is 2.98. The van der Waals surface area contributed by atoms with Crippen LogP contribution in [0, 0.1) is 0 Å². The van der Waals surface area contributed by atoms with Crippen molar-refractivity contribution >= 4 is 6.09 Å². The third-order valence-electron chi connectivity index (χ3n) is 4.01. The quantitative estimate of drug-likeness (QED) is 0.851. The van der Waals surface area contributed by atoms with Crippen molar-refractivity contribution in [3.8, 4) is 0 Å². The lowest BCUT2D eigenvalue weighted by Gasteiger charge is -2.28. The largest absolute Gasteiger partial charge is 0.444 e. The summed E-state index contributed by atoms with van der Waals surface area (Å²) in [6.07, 6.45) is 5.32. The molecule has 1 amide bonds. The van der Waals surface area contributed by atoms with Crippen molar-refractivity contribution in [1.29, 1.82) is 0 Å². The predicted octanol–water partition coefficient (Wildman–Crippen LogP) is 2.54. The topological polar surface area (TPSA) is 50.8 Å². The minimum absolute atomic E-state index is 0.177. The summed E-state index contributed by atoms with van der Waals surface area (Å²) in [5, 5.41) is 3.70. The highest BCUT2D eigenvalue weighted by atomic mass is 16.6. The number of hydrogen-bond donors (Lipinski definition) is 1. The molecule has 0 aromatic heterocycles. The lowest BCUT2D eigenvalue weighted by molar-refractivity contribution is 0.0254. The number of carbonyl (C=O) groups excluding carboxylic acids is 1. The zero-order chi connectivity index (χ0) is 15.3. The summed E-state index contributed by atoms with van der Waals surface area (Å²) in [5.41, 5.74) is -0.416. The second-order valence-electron chi connectivity index (χ2n) is 7.18. The van der Waals surface area contributed by atoms with Crippen molar-refractivity contribution in [3.05, 3.63) is 0 Å². The van der Waals surface area contributed by atoms with Crippen LogP contribution in [0.4, 0.5) is 4.79 Å². The molecule has 2 aliphatic heterocycles. The first-order valence-corrected chi connectivity index (χ1v) is 8.26. The standard InChI is InChI=1S/C16H30N2O3/c1-16(2,3)21-15(19)18-9-4-6-13(8-10-18)17-14-7-5-11-20-12-14/h13-14,17H,4-12H2,1-3H3/t13-,14+/m0/s1. The molecule has 0 aromatic rings. The Morgan fingerprint density at radius 2 is 1.90 bits per heavy atom. The van der Waals surface area contributed by atoms with Crippen LogP contribution in [0.15, 0.2) is 0 Å². The van der Waals surface area contributed by atoms with Crippen molar-refractivity contribution < 1.29 is 14.3 Å². The van der Waals surface area contributed by atoms with E-state index in [2.05, 4.69) is 5.32 Å². The van der Waals surface area contributed by atoms with Gasteiger partial charge in [0.25, 0.3) is 0 Å². The Hall–Kier alpha value is -0.810. The summed E-state index contributed by atoms with van der Waals surface area (Å²) >= 11 is 0. The minimum atomic E-state index is -0.416. The van der Waals surface area contributed by atoms with E-state index in [1.54, 1.807) is 0 Å². The molecule has 0 aromatic carbocycles. The van der Waals surface area contributed by atoms with E-state index in [1.165, 1.54) is 6.42 Å². The van der Waals surface area contributed by atoms with Gasteiger partial charge in [-0.05, 0) is 52.9 Å². The van der Waals surface area contributed by atoms with E-state index in [0.29, 0.717) is 12.1 Å². The summed E-state index contributed by atoms with van der Waals surface area (Å²) < 4.78 is 11.0. The van der Waals surface area contributed by atoms with Crippen LogP contribution >= 0.6 is 0 Å². The van der Waals surface area contributed by atoms with Gasteiger partial charge >= 0.3 is 6.09 Å². The fourth-order valence-electron chi connectivity index (χ4n) is 2.98. The molecule has 5 heteroatoms. The average molecular weight is 298 g/mol. The first-order chi connectivity index (χ1) is 9.94. The Labute approximate surface area is 128 Å². The van der Waals surface area contributed by atoms with Gasteiger partial charge in [-0.1, -0.05) is 0 Å². The highest BCUT2D eigenvalue weighted by Crippen LogP contribution is 2.17. The predicted molar refractivity (Wildman–Crippen MR) is 82.4 cm³/mol. The Bertz CT molecular complexity index is 335. The van der Waals surface area contributed by atoms with Crippen LogP contribution in [0.25, 0.3) is 0 Å². The maximum Gasteiger partial charge on any atom is 0.410 e. The van der Waals surface area contributed by atoms with Crippen molar-refractivity contribution in [2.24, 2.45) is 0 Å². The summed E-state index contributed by atoms with van der Waals surface area (Å²) in [6, 6.07) is 0.973. The number of likely N-dealkylation sites (tertiary alicyclic amines) is 1. The van der Waals surface area contributed by atoms with E-state index >= 15 is 0 Å². The van der Waals surface area contributed by atoms with Crippen LogP contribution in [0.2, 0.25) is 0 Å². The minimum Gasteiger partial charge on any atom is -0.444 e. The van der Waals surface area contributed by atoms with Gasteiger partial charge in [0.2, 0.25) is 0 Å². The summed E-state index contributed by atoms with van der Waals surface area (Å²) in [6.45, 7) is 9.04. The summed E-state index contributed by atoms with van der Waals surface area (Å²) in [5.74, 6) is 0. The van der Waals surface area contributed by atoms with E-state index < -0.39 is 5.60 Å². The fraction of sp³-hybridized carbons (Fsp3) is 0.938. The Morgan fingerprint density at radius 3 is 2.57 bits per heavy atom. The van der Waals surface area contributed by atoms with E-state index in [4.69, 9.17) is 9.47 Å². The van der Waals surface area contributed by atoms with Crippen LogP contribution in [-0.4, -0.2) is 55.0 Å². The van der Waals surface area contributed by atoms with Gasteiger partial charge in [0.1, 0.15) is 5.60 Å². The Kier molecular flexibility index (Phi) is 5.88. The average Bonchev–Trinajstić information content (AvgIpc) is 2.64. The van der Waals surface area contributed by atoms with Crippen molar-refractivity contribution in [2.75, 3.05) is 26.3 Å². The molecule has 2 rings (SSSR count). The molecule has 0 saturated carbocycles. The second kappa shape index (κ2) is 7.45. The van der Waals surface area contributed by atoms with Gasteiger partial charge in [0, 0.05) is 31.8 Å². The molecule has 21 heavy (non-hydrogen) atoms. The molecule has 2 aliphatic rings. The smallest absolute Gasteiger partial charge is 0.410 e. The molecule has 5 nitrogen and oxygen atoms in total. The number of amides is 1. The van der Waals surface area contributed by atoms with E-state index in [-0.39, 0.29) is 6.09 Å². The number of nitrogens with zero attached hydrogens (tertiary/aromatic N) is 1. The third-order valence-corrected chi connectivity index (χ3v) is 4.01. The zero-order valence-corrected chi connectivity index (χ0v) is 13.7. The molecule has 122 valence electrons. The van der Waals surface area contributed by atoms with Crippen LogP contribution in [0.5, 0.6) is 0 Å². The lowest BCUT2D eigenvalue weighted by atomic mass is 10.1. The van der Waals surface area contributed by atoms with Gasteiger partial charge in [-0.2, -0.15) is 0 Å². The molecule has 0 spiro atoms. The molecule has 0 radical (unpaired) electrons. The number of hydrogen-bond acceptors (Lipinski definition) is 4. The second-order valence-corrected chi connectivity index (χ2v) is 7.18. The van der Waals surface area contributed by atoms with E-state index in [1.807, 2.05) is 25.7 Å². The summed E-state index contributed by atoms with van der Waals surface area (Å²) in [4.78, 5) is 14.0. The molecule has 2 atom stereocenters. The van der Waals surface area contributed by atoms with Crippen LogP contribution in [0.1, 0.15) is 52.9 Å². The molecular weight excluding hydrogens is 268 g/mol. The lowest BCUT2D eigenvalue weighted by Crippen LogP contribution is -2.44. The molecular formula is C16H30N2O3. The molecule has 2 heterocycles. The van der Waals surface area contributed by atoms with Gasteiger partial charge in [-0.25, -0.2) is 4.79 Å². The van der Waals surface area contributed by atoms with Crippen LogP contribution in [-0.2, 0) is 9.47 Å². The van der Waals surface area contributed by atoms with Gasteiger partial charge in [-0.3, -0.25) is 0 Å². The van der Waals surface area contributed by atoms with Crippen LogP contribution in [0.3, 0.4) is 0 Å². The van der Waals surface area contributed by atoms with Gasteiger partial charge in [-0.15, -0.1) is 0 Å². The van der Waals surface area contributed by atoms with Crippen LogP contribution < -0.4 is 5.32 Å². The maximum atomic E-state index is 12.1. The van der Waals surface area contributed by atoms with Crippen molar-refractivity contribution in [2.45, 2.75) is 70.6 Å². The van der Waals surface area contributed by atoms with Gasteiger partial charge in [0.05, 0.1) is 6.61 Å². The molecule has 1 N–H and O–H groups in total. The normalized spacial score (nSPS) is 28.0. The number of rotatable bonds is 2. The van der Waals surface area contributed by atoms with Crippen molar-refractivity contribution in [3.63, 3.8) is 0 Å². The molecule has 2 fully saturated rings. The third kappa shape index (κ3) is 5.83. The maximum absolute atomic E-state index is 12.1. The van der Waals surface area contributed by atoms with Gasteiger partial charge in [0.15, 0.2) is 0 Å². The zero-order valence-electron chi connectivity index (χ0n) is 13.7. The molecule has 0 aliphatic carbocycles. The van der Waals surface area contributed by atoms with Gasteiger partial charge < -0.3 is 19.7 Å². The number of ether oxygens (including phenoxy) is 2. The first-order valence-electron chi connectivity index (χ1n) is 8.26. The molecule has 2 saturated heterocycles. The van der Waals surface area contributed by atoms with Crippen molar-refractivity contribution in [1.82, 2.24) is 10.2 Å². The Balaban J connectivity index is 1.77.